The topological polar surface area (TPSA) is 128 Å². The maximum absolute atomic E-state index is 12.7. The summed E-state index contributed by atoms with van der Waals surface area (Å²) in [6.45, 7) is 1.73. The van der Waals surface area contributed by atoms with E-state index in [1.165, 1.54) is 12.1 Å². The molecule has 1 amide bonds. The van der Waals surface area contributed by atoms with E-state index in [0.717, 1.165) is 12.1 Å². The highest BCUT2D eigenvalue weighted by atomic mass is 19.4. The molecule has 0 radical (unpaired) electrons. The summed E-state index contributed by atoms with van der Waals surface area (Å²) in [5.74, 6) is -0.553. The molecule has 0 saturated carbocycles. The van der Waals surface area contributed by atoms with E-state index >= 15 is 0 Å². The summed E-state index contributed by atoms with van der Waals surface area (Å²) >= 11 is 0. The van der Waals surface area contributed by atoms with Crippen LogP contribution >= 0.6 is 0 Å². The Morgan fingerprint density at radius 2 is 2.00 bits per heavy atom. The van der Waals surface area contributed by atoms with E-state index in [9.17, 15) is 18.0 Å². The minimum Gasteiger partial charge on any atom is -0.476 e. The average Bonchev–Trinajstić information content (AvgIpc) is 2.56. The van der Waals surface area contributed by atoms with Crippen LogP contribution in [0, 0.1) is 0 Å². The third-order valence-electron chi connectivity index (χ3n) is 3.10. The number of carbonyl (C=O) groups is 1. The van der Waals surface area contributed by atoms with Crippen molar-refractivity contribution in [3.8, 4) is 5.88 Å². The van der Waals surface area contributed by atoms with Gasteiger partial charge in [-0.25, -0.2) is 0 Å². The van der Waals surface area contributed by atoms with Gasteiger partial charge in [-0.15, -0.1) is 0 Å². The Balaban J connectivity index is 2.04. The zero-order valence-electron chi connectivity index (χ0n) is 13.7. The molecule has 0 unspecified atom stereocenters. The molecule has 26 heavy (non-hydrogen) atoms. The van der Waals surface area contributed by atoms with E-state index in [2.05, 4.69) is 20.6 Å². The van der Waals surface area contributed by atoms with Crippen LogP contribution in [0.3, 0.4) is 0 Å². The molecule has 1 aromatic carbocycles. The fourth-order valence-electron chi connectivity index (χ4n) is 1.99. The van der Waals surface area contributed by atoms with Gasteiger partial charge in [0, 0.05) is 5.69 Å². The van der Waals surface area contributed by atoms with Crippen LogP contribution in [0.15, 0.2) is 24.3 Å². The second kappa shape index (κ2) is 7.76. The van der Waals surface area contributed by atoms with Crippen molar-refractivity contribution >= 4 is 29.0 Å². The van der Waals surface area contributed by atoms with Gasteiger partial charge >= 0.3 is 6.18 Å². The number of hydrogen-bond acceptors (Lipinski definition) is 7. The Morgan fingerprint density at radius 3 is 2.65 bits per heavy atom. The van der Waals surface area contributed by atoms with Gasteiger partial charge in [0.25, 0.3) is 0 Å². The van der Waals surface area contributed by atoms with Crippen LogP contribution < -0.4 is 26.8 Å². The van der Waals surface area contributed by atoms with Crippen LogP contribution in [-0.2, 0) is 11.0 Å². The number of nitrogens with one attached hydrogen (secondary N) is 2. The number of ether oxygens (including phenoxy) is 1. The van der Waals surface area contributed by atoms with Crippen LogP contribution in [-0.4, -0.2) is 29.0 Å². The number of nitrogens with zero attached hydrogens (tertiary/aromatic N) is 2. The van der Waals surface area contributed by atoms with Crippen LogP contribution in [0.4, 0.5) is 36.3 Å². The smallest absolute Gasteiger partial charge is 0.416 e. The number of rotatable bonds is 6. The van der Waals surface area contributed by atoms with E-state index in [0.29, 0.717) is 6.61 Å². The van der Waals surface area contributed by atoms with Crippen LogP contribution in [0.2, 0.25) is 0 Å². The van der Waals surface area contributed by atoms with E-state index in [1.807, 2.05) is 0 Å². The Labute approximate surface area is 146 Å². The lowest BCUT2D eigenvalue weighted by molar-refractivity contribution is -0.137. The molecule has 0 aliphatic rings. The van der Waals surface area contributed by atoms with Gasteiger partial charge < -0.3 is 26.8 Å². The fourth-order valence-corrected chi connectivity index (χ4v) is 1.99. The van der Waals surface area contributed by atoms with Crippen molar-refractivity contribution in [1.29, 1.82) is 0 Å². The van der Waals surface area contributed by atoms with Gasteiger partial charge in [-0.2, -0.15) is 23.1 Å². The van der Waals surface area contributed by atoms with Crippen LogP contribution in [0.1, 0.15) is 12.5 Å². The number of anilines is 4. The predicted octanol–water partition coefficient (Wildman–Crippen LogP) is 2.11. The number of hydrogen-bond donors (Lipinski definition) is 4. The number of nitrogens with two attached hydrogens (primary N) is 2. The lowest BCUT2D eigenvalue weighted by Crippen LogP contribution is -2.23. The average molecular weight is 370 g/mol. The highest BCUT2D eigenvalue weighted by Gasteiger charge is 2.30. The third-order valence-corrected chi connectivity index (χ3v) is 3.10. The molecule has 0 aliphatic carbocycles. The number of alkyl halides is 3. The second-order valence-electron chi connectivity index (χ2n) is 5.06. The molecule has 0 fully saturated rings. The van der Waals surface area contributed by atoms with Gasteiger partial charge in [0.05, 0.1) is 18.7 Å². The number of halogens is 3. The molecule has 0 atom stereocenters. The Bertz CT molecular complexity index is 797. The molecule has 1 heterocycles. The predicted molar refractivity (Wildman–Crippen MR) is 90.6 cm³/mol. The lowest BCUT2D eigenvalue weighted by atomic mass is 10.2. The molecule has 0 bridgehead atoms. The molecule has 0 spiro atoms. The van der Waals surface area contributed by atoms with E-state index in [4.69, 9.17) is 16.2 Å². The first-order valence-corrected chi connectivity index (χ1v) is 7.47. The Hall–Kier alpha value is -3.24. The number of carbonyl (C=O) groups excluding carboxylic acids is 1. The highest BCUT2D eigenvalue weighted by Crippen LogP contribution is 2.30. The zero-order chi connectivity index (χ0) is 19.3. The molecule has 2 aromatic rings. The molecule has 140 valence electrons. The summed E-state index contributed by atoms with van der Waals surface area (Å²) in [7, 11) is 0. The van der Waals surface area contributed by atoms with Crippen molar-refractivity contribution in [3.63, 3.8) is 0 Å². The highest BCUT2D eigenvalue weighted by molar-refractivity contribution is 5.94. The number of amides is 1. The summed E-state index contributed by atoms with van der Waals surface area (Å²) in [5, 5.41) is 5.00. The van der Waals surface area contributed by atoms with Crippen molar-refractivity contribution < 1.29 is 22.7 Å². The van der Waals surface area contributed by atoms with E-state index < -0.39 is 17.6 Å². The second-order valence-corrected chi connectivity index (χ2v) is 5.06. The summed E-state index contributed by atoms with van der Waals surface area (Å²) in [5.41, 5.74) is 10.6. The van der Waals surface area contributed by atoms with Gasteiger partial charge in [0.1, 0.15) is 5.69 Å². The normalized spacial score (nSPS) is 11.1. The Morgan fingerprint density at radius 1 is 1.27 bits per heavy atom. The van der Waals surface area contributed by atoms with Crippen molar-refractivity contribution in [2.75, 3.05) is 35.3 Å². The third kappa shape index (κ3) is 4.88. The Kier molecular flexibility index (Phi) is 5.70. The summed E-state index contributed by atoms with van der Waals surface area (Å²) < 4.78 is 43.2. The molecule has 0 aliphatic heterocycles. The van der Waals surface area contributed by atoms with Crippen LogP contribution in [0.5, 0.6) is 5.88 Å². The van der Waals surface area contributed by atoms with E-state index in [-0.39, 0.29) is 35.6 Å². The maximum atomic E-state index is 12.7. The van der Waals surface area contributed by atoms with Gasteiger partial charge in [-0.1, -0.05) is 6.07 Å². The molecule has 6 N–H and O–H groups in total. The van der Waals surface area contributed by atoms with Gasteiger partial charge in [0.15, 0.2) is 5.82 Å². The van der Waals surface area contributed by atoms with Gasteiger partial charge in [-0.3, -0.25) is 4.79 Å². The zero-order valence-corrected chi connectivity index (χ0v) is 13.7. The first kappa shape index (κ1) is 19.1. The molecular weight excluding hydrogens is 353 g/mol. The maximum Gasteiger partial charge on any atom is 0.416 e. The lowest BCUT2D eigenvalue weighted by Gasteiger charge is -2.13. The van der Waals surface area contributed by atoms with Crippen molar-refractivity contribution in [3.05, 3.63) is 29.8 Å². The molecule has 8 nitrogen and oxygen atoms in total. The molecule has 11 heteroatoms. The molecular formula is C15H17F3N6O2. The summed E-state index contributed by atoms with van der Waals surface area (Å²) in [6, 6.07) is 4.29. The number of nitrogen functional groups attached to an aromatic ring is 2. The van der Waals surface area contributed by atoms with Gasteiger partial charge in [-0.05, 0) is 25.1 Å². The van der Waals surface area contributed by atoms with Crippen molar-refractivity contribution in [2.45, 2.75) is 13.1 Å². The SMILES string of the molecule is CCOc1nc(N)nc(NCC(=O)Nc2cccc(C(F)(F)F)c2)c1N. The summed E-state index contributed by atoms with van der Waals surface area (Å²) in [6.07, 6.45) is -4.50. The van der Waals surface area contributed by atoms with Gasteiger partial charge in [0.2, 0.25) is 17.7 Å². The number of aromatic nitrogens is 2. The quantitative estimate of drug-likeness (QED) is 0.613. The minimum absolute atomic E-state index is 0.0109. The van der Waals surface area contributed by atoms with Crippen molar-refractivity contribution in [2.24, 2.45) is 0 Å². The standard InChI is InChI=1S/C15H17F3N6O2/c1-2-26-13-11(19)12(23-14(20)24-13)21-7-10(25)22-9-5-3-4-8(6-9)15(16,17)18/h3-6H,2,7,19H2,1H3,(H,22,25)(H3,20,21,23,24). The fraction of sp³-hybridized carbons (Fsp3) is 0.267. The van der Waals surface area contributed by atoms with Crippen molar-refractivity contribution in [1.82, 2.24) is 9.97 Å². The first-order chi connectivity index (χ1) is 12.2. The molecule has 0 saturated heterocycles. The first-order valence-electron chi connectivity index (χ1n) is 7.47. The largest absolute Gasteiger partial charge is 0.476 e. The molecule has 1 aromatic heterocycles. The molecule has 2 rings (SSSR count). The minimum atomic E-state index is -4.50. The van der Waals surface area contributed by atoms with E-state index in [1.54, 1.807) is 6.92 Å². The van der Waals surface area contributed by atoms with Crippen LogP contribution in [0.25, 0.3) is 0 Å². The number of benzene rings is 1. The monoisotopic (exact) mass is 370 g/mol. The summed E-state index contributed by atoms with van der Waals surface area (Å²) in [4.78, 5) is 19.6.